The Kier molecular flexibility index (Phi) is 5.77. The number of carbonyl (C=O) groups is 2. The standard InChI is InChI=1S/C6H12N2O5/c7-5(10)3-4(6(11)12)8-13-2-1-9/h4,8-9H,1-3H2,(H2,7,10)(H,11,12)/t4-/m0/s1. The van der Waals surface area contributed by atoms with Gasteiger partial charge in [-0.15, -0.1) is 0 Å². The summed E-state index contributed by atoms with van der Waals surface area (Å²) in [5.74, 6) is -1.98. The van der Waals surface area contributed by atoms with Crippen LogP contribution in [0.3, 0.4) is 0 Å². The fourth-order valence-corrected chi connectivity index (χ4v) is 0.586. The van der Waals surface area contributed by atoms with Gasteiger partial charge >= 0.3 is 5.97 Å². The van der Waals surface area contributed by atoms with E-state index in [9.17, 15) is 9.59 Å². The second-order valence-electron chi connectivity index (χ2n) is 2.25. The maximum Gasteiger partial charge on any atom is 0.323 e. The lowest BCUT2D eigenvalue weighted by Gasteiger charge is -2.11. The van der Waals surface area contributed by atoms with E-state index in [-0.39, 0.29) is 19.6 Å². The number of carboxylic acid groups (broad SMARTS) is 1. The number of aliphatic carboxylic acids is 1. The number of aliphatic hydroxyl groups is 1. The third-order valence-corrected chi connectivity index (χ3v) is 1.12. The average molecular weight is 192 g/mol. The summed E-state index contributed by atoms with van der Waals surface area (Å²) in [5, 5.41) is 16.8. The number of hydrogen-bond acceptors (Lipinski definition) is 5. The molecule has 13 heavy (non-hydrogen) atoms. The van der Waals surface area contributed by atoms with Crippen LogP contribution in [0.15, 0.2) is 0 Å². The molecule has 0 heterocycles. The molecule has 0 unspecified atom stereocenters. The van der Waals surface area contributed by atoms with Crippen LogP contribution >= 0.6 is 0 Å². The predicted molar refractivity (Wildman–Crippen MR) is 41.4 cm³/mol. The lowest BCUT2D eigenvalue weighted by Crippen LogP contribution is -2.40. The van der Waals surface area contributed by atoms with E-state index in [1.165, 1.54) is 0 Å². The summed E-state index contributed by atoms with van der Waals surface area (Å²) in [6.45, 7) is -0.293. The van der Waals surface area contributed by atoms with Crippen molar-refractivity contribution in [1.82, 2.24) is 5.48 Å². The summed E-state index contributed by atoms with van der Waals surface area (Å²) in [7, 11) is 0. The summed E-state index contributed by atoms with van der Waals surface area (Å²) in [6.07, 6.45) is -0.360. The number of nitrogens with two attached hydrogens (primary N) is 1. The number of rotatable bonds is 7. The average Bonchev–Trinajstić information content (AvgIpc) is 2.02. The highest BCUT2D eigenvalue weighted by molar-refractivity contribution is 5.83. The van der Waals surface area contributed by atoms with Crippen LogP contribution in [0.1, 0.15) is 6.42 Å². The Balaban J connectivity index is 3.81. The van der Waals surface area contributed by atoms with Crippen molar-refractivity contribution in [3.63, 3.8) is 0 Å². The molecule has 7 nitrogen and oxygen atoms in total. The van der Waals surface area contributed by atoms with Gasteiger partial charge in [-0.05, 0) is 0 Å². The largest absolute Gasteiger partial charge is 0.480 e. The maximum absolute atomic E-state index is 10.4. The van der Waals surface area contributed by atoms with Crippen molar-refractivity contribution in [2.45, 2.75) is 12.5 Å². The van der Waals surface area contributed by atoms with Crippen LogP contribution in [0.5, 0.6) is 0 Å². The predicted octanol–water partition coefficient (Wildman–Crippen LogP) is -2.17. The van der Waals surface area contributed by atoms with Crippen LogP contribution in [0.2, 0.25) is 0 Å². The van der Waals surface area contributed by atoms with E-state index < -0.39 is 17.9 Å². The minimum absolute atomic E-state index is 0.0530. The summed E-state index contributed by atoms with van der Waals surface area (Å²) in [4.78, 5) is 25.3. The van der Waals surface area contributed by atoms with E-state index in [4.69, 9.17) is 15.9 Å². The first kappa shape index (κ1) is 11.8. The number of hydroxylamine groups is 1. The number of primary amides is 1. The first-order valence-electron chi connectivity index (χ1n) is 3.57. The molecule has 0 radical (unpaired) electrons. The fraction of sp³-hybridized carbons (Fsp3) is 0.667. The summed E-state index contributed by atoms with van der Waals surface area (Å²) in [5.41, 5.74) is 6.88. The molecule has 0 saturated carbocycles. The molecule has 0 saturated heterocycles. The molecule has 0 fully saturated rings. The van der Waals surface area contributed by atoms with Gasteiger partial charge in [0.15, 0.2) is 0 Å². The Morgan fingerprint density at radius 1 is 1.54 bits per heavy atom. The third kappa shape index (κ3) is 6.02. The van der Waals surface area contributed by atoms with Gasteiger partial charge in [0.25, 0.3) is 0 Å². The van der Waals surface area contributed by atoms with E-state index in [2.05, 4.69) is 10.3 Å². The molecule has 0 rings (SSSR count). The molecule has 0 aromatic rings. The molecule has 76 valence electrons. The van der Waals surface area contributed by atoms with E-state index in [0.717, 1.165) is 0 Å². The molecule has 0 aromatic heterocycles. The van der Waals surface area contributed by atoms with Gasteiger partial charge in [-0.2, -0.15) is 5.48 Å². The van der Waals surface area contributed by atoms with Crippen molar-refractivity contribution in [2.24, 2.45) is 5.73 Å². The van der Waals surface area contributed by atoms with Gasteiger partial charge in [0, 0.05) is 0 Å². The van der Waals surface area contributed by atoms with Crippen molar-refractivity contribution in [1.29, 1.82) is 0 Å². The van der Waals surface area contributed by atoms with Gasteiger partial charge in [-0.3, -0.25) is 14.4 Å². The summed E-state index contributed by atoms with van der Waals surface area (Å²) in [6, 6.07) is -1.18. The number of aliphatic hydroxyl groups excluding tert-OH is 1. The Morgan fingerprint density at radius 3 is 2.54 bits per heavy atom. The Morgan fingerprint density at radius 2 is 2.15 bits per heavy atom. The molecule has 0 spiro atoms. The highest BCUT2D eigenvalue weighted by Gasteiger charge is 2.19. The zero-order chi connectivity index (χ0) is 10.3. The first-order chi connectivity index (χ1) is 6.07. The monoisotopic (exact) mass is 192 g/mol. The molecule has 7 heteroatoms. The molecule has 0 bridgehead atoms. The van der Waals surface area contributed by atoms with Crippen molar-refractivity contribution < 1.29 is 24.6 Å². The quantitative estimate of drug-likeness (QED) is 0.269. The smallest absolute Gasteiger partial charge is 0.323 e. The van der Waals surface area contributed by atoms with Crippen LogP contribution < -0.4 is 11.2 Å². The van der Waals surface area contributed by atoms with Crippen molar-refractivity contribution in [2.75, 3.05) is 13.2 Å². The fourth-order valence-electron chi connectivity index (χ4n) is 0.586. The van der Waals surface area contributed by atoms with Gasteiger partial charge in [-0.1, -0.05) is 0 Å². The minimum Gasteiger partial charge on any atom is -0.480 e. The molecular formula is C6H12N2O5. The zero-order valence-electron chi connectivity index (χ0n) is 6.90. The van der Waals surface area contributed by atoms with Gasteiger partial charge in [-0.25, -0.2) is 0 Å². The van der Waals surface area contributed by atoms with Crippen molar-refractivity contribution in [3.05, 3.63) is 0 Å². The normalized spacial score (nSPS) is 12.4. The third-order valence-electron chi connectivity index (χ3n) is 1.12. The van der Waals surface area contributed by atoms with Gasteiger partial charge in [0.2, 0.25) is 5.91 Å². The lowest BCUT2D eigenvalue weighted by atomic mass is 10.2. The van der Waals surface area contributed by atoms with E-state index in [1.807, 2.05) is 0 Å². The highest BCUT2D eigenvalue weighted by atomic mass is 16.7. The molecule has 1 atom stereocenters. The lowest BCUT2D eigenvalue weighted by molar-refractivity contribution is -0.146. The molecule has 0 aliphatic carbocycles. The first-order valence-corrected chi connectivity index (χ1v) is 3.57. The summed E-state index contributed by atoms with van der Waals surface area (Å²) < 4.78 is 0. The van der Waals surface area contributed by atoms with E-state index in [1.54, 1.807) is 0 Å². The molecule has 0 aromatic carbocycles. The van der Waals surface area contributed by atoms with E-state index in [0.29, 0.717) is 0 Å². The van der Waals surface area contributed by atoms with Crippen molar-refractivity contribution >= 4 is 11.9 Å². The van der Waals surface area contributed by atoms with Crippen LogP contribution in [0.4, 0.5) is 0 Å². The molecule has 0 aliphatic heterocycles. The topological polar surface area (TPSA) is 122 Å². The summed E-state index contributed by atoms with van der Waals surface area (Å²) >= 11 is 0. The second kappa shape index (κ2) is 6.35. The maximum atomic E-state index is 10.4. The highest BCUT2D eigenvalue weighted by Crippen LogP contribution is 1.91. The molecule has 0 aliphatic rings. The SMILES string of the molecule is NC(=O)C[C@H](NOCCO)C(=O)O. The van der Waals surface area contributed by atoms with Gasteiger partial charge < -0.3 is 15.9 Å². The second-order valence-corrected chi connectivity index (χ2v) is 2.25. The zero-order valence-corrected chi connectivity index (χ0v) is 6.90. The number of carbonyl (C=O) groups excluding carboxylic acids is 1. The van der Waals surface area contributed by atoms with Crippen LogP contribution in [-0.4, -0.2) is 41.3 Å². The number of carboxylic acids is 1. The molecular weight excluding hydrogens is 180 g/mol. The van der Waals surface area contributed by atoms with Crippen LogP contribution in [0, 0.1) is 0 Å². The molecule has 1 amide bonds. The Hall–Kier alpha value is -1.18. The number of nitrogens with one attached hydrogen (secondary N) is 1. The van der Waals surface area contributed by atoms with Crippen molar-refractivity contribution in [3.8, 4) is 0 Å². The van der Waals surface area contributed by atoms with E-state index >= 15 is 0 Å². The Bertz CT molecular complexity index is 184. The van der Waals surface area contributed by atoms with Crippen LogP contribution in [-0.2, 0) is 14.4 Å². The number of hydrogen-bond donors (Lipinski definition) is 4. The van der Waals surface area contributed by atoms with Gasteiger partial charge in [0.05, 0.1) is 19.6 Å². The number of amides is 1. The van der Waals surface area contributed by atoms with Gasteiger partial charge in [0.1, 0.15) is 6.04 Å². The Labute approximate surface area is 74.4 Å². The molecule has 5 N–H and O–H groups in total. The van der Waals surface area contributed by atoms with Crippen LogP contribution in [0.25, 0.3) is 0 Å². The minimum atomic E-state index is -1.24.